The van der Waals surface area contributed by atoms with Crippen LogP contribution in [0.25, 0.3) is 32.3 Å². The van der Waals surface area contributed by atoms with Crippen molar-refractivity contribution < 1.29 is 4.74 Å². The maximum atomic E-state index is 5.55. The first kappa shape index (κ1) is 12.5. The van der Waals surface area contributed by atoms with E-state index in [2.05, 4.69) is 54.6 Å². The van der Waals surface area contributed by atoms with Gasteiger partial charge in [-0.25, -0.2) is 0 Å². The fourth-order valence-corrected chi connectivity index (χ4v) is 3.16. The van der Waals surface area contributed by atoms with Crippen molar-refractivity contribution >= 4 is 49.6 Å². The van der Waals surface area contributed by atoms with E-state index >= 15 is 0 Å². The highest BCUT2D eigenvalue weighted by Crippen LogP contribution is 2.35. The molecule has 0 bridgehead atoms. The molecule has 0 fully saturated rings. The topological polar surface area (TPSA) is 9.23 Å². The molecule has 4 aromatic rings. The van der Waals surface area contributed by atoms with Crippen LogP contribution >= 0.6 is 12.2 Å². The molecule has 1 nitrogen and oxygen atoms in total. The molecule has 0 N–H and O–H groups in total. The number of hydrogen-bond donors (Lipinski definition) is 0. The third kappa shape index (κ3) is 1.95. The lowest BCUT2D eigenvalue weighted by Crippen LogP contribution is -1.98. The Morgan fingerprint density at radius 1 is 0.857 bits per heavy atom. The number of benzene rings is 4. The second kappa shape index (κ2) is 4.68. The lowest BCUT2D eigenvalue weighted by atomic mass is 9.92. The summed E-state index contributed by atoms with van der Waals surface area (Å²) >= 11 is 5.02. The summed E-state index contributed by atoms with van der Waals surface area (Å²) < 4.78 is 5.55. The van der Waals surface area contributed by atoms with Gasteiger partial charge in [0.2, 0.25) is 0 Å². The van der Waals surface area contributed by atoms with E-state index in [1.54, 1.807) is 0 Å². The summed E-state index contributed by atoms with van der Waals surface area (Å²) in [7, 11) is 0. The van der Waals surface area contributed by atoms with Gasteiger partial charge in [-0.2, -0.15) is 0 Å². The second-order valence-electron chi connectivity index (χ2n) is 5.36. The van der Waals surface area contributed by atoms with Crippen LogP contribution in [0.5, 0.6) is 0 Å². The molecule has 0 atom stereocenters. The van der Waals surface area contributed by atoms with E-state index in [9.17, 15) is 0 Å². The first-order valence-electron chi connectivity index (χ1n) is 7.03. The average molecular weight is 290 g/mol. The summed E-state index contributed by atoms with van der Waals surface area (Å²) in [6.45, 7) is 2.34. The molecule has 0 aliphatic rings. The molecular formula is C19H14OS. The summed E-state index contributed by atoms with van der Waals surface area (Å²) in [5, 5.41) is 8.36. The number of ether oxygens (including phenoxy) is 1. The zero-order chi connectivity index (χ0) is 14.4. The van der Waals surface area contributed by atoms with Crippen LogP contribution in [0.2, 0.25) is 0 Å². The van der Waals surface area contributed by atoms with Crippen molar-refractivity contribution in [3.05, 3.63) is 60.2 Å². The van der Waals surface area contributed by atoms with Gasteiger partial charge in [0, 0.05) is 6.92 Å². The Hall–Kier alpha value is -2.19. The minimum absolute atomic E-state index is 0.531. The summed E-state index contributed by atoms with van der Waals surface area (Å²) in [6.07, 6.45) is 0. The Morgan fingerprint density at radius 2 is 1.48 bits per heavy atom. The van der Waals surface area contributed by atoms with Gasteiger partial charge in [-0.3, -0.25) is 0 Å². The quantitative estimate of drug-likeness (QED) is 0.359. The molecule has 0 radical (unpaired) electrons. The molecule has 0 spiro atoms. The highest BCUT2D eigenvalue weighted by Gasteiger charge is 2.10. The van der Waals surface area contributed by atoms with Crippen molar-refractivity contribution in [2.45, 2.75) is 13.5 Å². The Kier molecular flexibility index (Phi) is 2.79. The van der Waals surface area contributed by atoms with Crippen LogP contribution in [0.4, 0.5) is 0 Å². The molecule has 0 heterocycles. The predicted octanol–water partition coefficient (Wildman–Crippen LogP) is 5.45. The third-order valence-corrected chi connectivity index (χ3v) is 4.17. The first-order chi connectivity index (χ1) is 10.2. The molecule has 2 heteroatoms. The zero-order valence-electron chi connectivity index (χ0n) is 11.7. The zero-order valence-corrected chi connectivity index (χ0v) is 12.5. The molecule has 0 unspecified atom stereocenters. The Morgan fingerprint density at radius 3 is 2.19 bits per heavy atom. The van der Waals surface area contributed by atoms with Gasteiger partial charge < -0.3 is 4.74 Å². The molecule has 0 aliphatic heterocycles. The summed E-state index contributed by atoms with van der Waals surface area (Å²) in [6, 6.07) is 19.5. The third-order valence-electron chi connectivity index (χ3n) is 4.05. The van der Waals surface area contributed by atoms with Gasteiger partial charge in [-0.05, 0) is 50.1 Å². The number of hydrogen-bond acceptors (Lipinski definition) is 2. The van der Waals surface area contributed by atoms with Crippen LogP contribution in [0.3, 0.4) is 0 Å². The number of thiocarbonyl (C=S) groups is 1. The van der Waals surface area contributed by atoms with Gasteiger partial charge in [-0.15, -0.1) is 0 Å². The van der Waals surface area contributed by atoms with Gasteiger partial charge in [-0.1, -0.05) is 54.6 Å². The van der Waals surface area contributed by atoms with Crippen LogP contribution in [-0.4, -0.2) is 5.05 Å². The Bertz CT molecular complexity index is 955. The molecule has 0 amide bonds. The Balaban J connectivity index is 2.08. The van der Waals surface area contributed by atoms with Crippen LogP contribution in [0.1, 0.15) is 12.5 Å². The summed E-state index contributed by atoms with van der Waals surface area (Å²) in [4.78, 5) is 0. The summed E-state index contributed by atoms with van der Waals surface area (Å²) in [5.74, 6) is 0. The molecule has 0 aliphatic carbocycles. The van der Waals surface area contributed by atoms with E-state index in [-0.39, 0.29) is 0 Å². The molecule has 4 rings (SSSR count). The van der Waals surface area contributed by atoms with E-state index < -0.39 is 0 Å². The minimum atomic E-state index is 0.531. The number of rotatable bonds is 2. The molecular weight excluding hydrogens is 276 g/mol. The molecule has 0 saturated carbocycles. The highest BCUT2D eigenvalue weighted by atomic mass is 32.1. The van der Waals surface area contributed by atoms with Crippen molar-refractivity contribution in [1.82, 2.24) is 0 Å². The van der Waals surface area contributed by atoms with Crippen LogP contribution in [-0.2, 0) is 11.3 Å². The molecule has 0 saturated heterocycles. The van der Waals surface area contributed by atoms with Crippen molar-refractivity contribution in [2.75, 3.05) is 0 Å². The molecule has 0 aromatic heterocycles. The van der Waals surface area contributed by atoms with E-state index in [1.807, 2.05) is 6.92 Å². The van der Waals surface area contributed by atoms with Gasteiger partial charge in [0.1, 0.15) is 6.61 Å². The lowest BCUT2D eigenvalue weighted by Gasteiger charge is -2.14. The lowest BCUT2D eigenvalue weighted by molar-refractivity contribution is 0.300. The smallest absolute Gasteiger partial charge is 0.157 e. The maximum Gasteiger partial charge on any atom is 0.157 e. The fourth-order valence-electron chi connectivity index (χ4n) is 3.10. The van der Waals surface area contributed by atoms with Crippen molar-refractivity contribution in [2.24, 2.45) is 0 Å². The van der Waals surface area contributed by atoms with Crippen molar-refractivity contribution in [3.63, 3.8) is 0 Å². The minimum Gasteiger partial charge on any atom is -0.483 e. The fraction of sp³-hybridized carbons (Fsp3) is 0.105. The van der Waals surface area contributed by atoms with Crippen molar-refractivity contribution in [1.29, 1.82) is 0 Å². The molecule has 21 heavy (non-hydrogen) atoms. The molecule has 4 aromatic carbocycles. The van der Waals surface area contributed by atoms with Gasteiger partial charge in [0.05, 0.1) is 0 Å². The van der Waals surface area contributed by atoms with E-state index in [0.717, 1.165) is 0 Å². The van der Waals surface area contributed by atoms with Gasteiger partial charge in [0.25, 0.3) is 0 Å². The van der Waals surface area contributed by atoms with E-state index in [4.69, 9.17) is 17.0 Å². The van der Waals surface area contributed by atoms with Crippen LogP contribution in [0, 0.1) is 0 Å². The van der Waals surface area contributed by atoms with E-state index in [1.165, 1.54) is 37.9 Å². The highest BCUT2D eigenvalue weighted by molar-refractivity contribution is 7.80. The standard InChI is InChI=1S/C19H14OS/c1-12(21)20-11-16-8-7-15-6-5-13-3-2-4-14-9-10-17(16)19(15)18(13)14/h2-10H,11H2,1H3. The van der Waals surface area contributed by atoms with E-state index in [0.29, 0.717) is 11.7 Å². The first-order valence-corrected chi connectivity index (χ1v) is 7.43. The second-order valence-corrected chi connectivity index (χ2v) is 5.94. The van der Waals surface area contributed by atoms with Gasteiger partial charge >= 0.3 is 0 Å². The summed E-state index contributed by atoms with van der Waals surface area (Å²) in [5.41, 5.74) is 1.19. The van der Waals surface area contributed by atoms with Crippen LogP contribution in [0.15, 0.2) is 54.6 Å². The molecule has 102 valence electrons. The predicted molar refractivity (Wildman–Crippen MR) is 93.2 cm³/mol. The van der Waals surface area contributed by atoms with Crippen LogP contribution < -0.4 is 0 Å². The Labute approximate surface area is 128 Å². The largest absolute Gasteiger partial charge is 0.483 e. The van der Waals surface area contributed by atoms with Crippen molar-refractivity contribution in [3.8, 4) is 0 Å². The average Bonchev–Trinajstić information content (AvgIpc) is 2.51. The van der Waals surface area contributed by atoms with Gasteiger partial charge in [0.15, 0.2) is 5.05 Å². The maximum absolute atomic E-state index is 5.55. The SMILES string of the molecule is CC(=S)OCc1ccc2ccc3cccc4ccc1c2c34. The monoisotopic (exact) mass is 290 g/mol. The normalized spacial score (nSPS) is 11.5.